The first-order valence-corrected chi connectivity index (χ1v) is 8.06. The maximum Gasteiger partial charge on any atom is 0.277 e. The average molecular weight is 355 g/mol. The Balaban J connectivity index is 1.92. The second kappa shape index (κ2) is 8.24. The lowest BCUT2D eigenvalue weighted by molar-refractivity contribution is -0.384. The summed E-state index contributed by atoms with van der Waals surface area (Å²) in [6, 6.07) is 13.5. The Bertz CT molecular complexity index is 826. The molecular weight excluding hydrogens is 334 g/mol. The lowest BCUT2D eigenvalue weighted by atomic mass is 9.86. The van der Waals surface area contributed by atoms with Crippen molar-refractivity contribution in [3.05, 3.63) is 69.8 Å². The molecule has 0 spiro atoms. The predicted molar refractivity (Wildman–Crippen MR) is 99.5 cm³/mol. The molecule has 2 aromatic carbocycles. The minimum absolute atomic E-state index is 0.0394. The van der Waals surface area contributed by atoms with Crippen LogP contribution >= 0.6 is 0 Å². The molecule has 0 aliphatic heterocycles. The average Bonchev–Trinajstić information content (AvgIpc) is 2.59. The zero-order valence-corrected chi connectivity index (χ0v) is 14.9. The minimum Gasteiger partial charge on any atom is -0.483 e. The number of rotatable bonds is 6. The quantitative estimate of drug-likeness (QED) is 0.488. The lowest BCUT2D eigenvalue weighted by Gasteiger charge is -2.22. The third-order valence-electron chi connectivity index (χ3n) is 3.54. The number of nitrogens with one attached hydrogen (secondary N) is 1. The summed E-state index contributed by atoms with van der Waals surface area (Å²) in [6.45, 7) is 6.02. The van der Waals surface area contributed by atoms with Gasteiger partial charge >= 0.3 is 0 Å². The van der Waals surface area contributed by atoms with Gasteiger partial charge < -0.3 is 4.74 Å². The first-order chi connectivity index (χ1) is 12.3. The van der Waals surface area contributed by atoms with E-state index in [1.54, 1.807) is 12.1 Å². The van der Waals surface area contributed by atoms with E-state index in [1.165, 1.54) is 18.3 Å². The fourth-order valence-corrected chi connectivity index (χ4v) is 2.29. The summed E-state index contributed by atoms with van der Waals surface area (Å²) in [6.07, 6.45) is 1.34. The number of hydrogen-bond acceptors (Lipinski definition) is 5. The van der Waals surface area contributed by atoms with Crippen LogP contribution in [0.1, 0.15) is 31.9 Å². The van der Waals surface area contributed by atoms with Gasteiger partial charge in [0.25, 0.3) is 11.6 Å². The molecule has 0 aliphatic rings. The van der Waals surface area contributed by atoms with Gasteiger partial charge in [-0.1, -0.05) is 51.1 Å². The molecule has 7 heteroatoms. The molecule has 0 aliphatic carbocycles. The van der Waals surface area contributed by atoms with E-state index in [2.05, 4.69) is 31.3 Å². The Morgan fingerprint density at radius 2 is 1.96 bits per heavy atom. The van der Waals surface area contributed by atoms with Crippen molar-refractivity contribution in [1.29, 1.82) is 0 Å². The maximum absolute atomic E-state index is 11.9. The Morgan fingerprint density at radius 3 is 2.65 bits per heavy atom. The van der Waals surface area contributed by atoms with Crippen LogP contribution in [0.2, 0.25) is 0 Å². The summed E-state index contributed by atoms with van der Waals surface area (Å²) in [7, 11) is 0. The minimum atomic E-state index is -0.490. The maximum atomic E-state index is 11.9. The van der Waals surface area contributed by atoms with Gasteiger partial charge in [0.15, 0.2) is 6.61 Å². The van der Waals surface area contributed by atoms with Crippen LogP contribution in [0.5, 0.6) is 5.75 Å². The van der Waals surface area contributed by atoms with Gasteiger partial charge in [-0.05, 0) is 17.0 Å². The highest BCUT2D eigenvalue weighted by atomic mass is 16.6. The van der Waals surface area contributed by atoms with E-state index in [4.69, 9.17) is 4.74 Å². The van der Waals surface area contributed by atoms with Crippen molar-refractivity contribution in [3.8, 4) is 5.75 Å². The molecule has 0 bridgehead atoms. The van der Waals surface area contributed by atoms with Crippen molar-refractivity contribution < 1.29 is 14.5 Å². The summed E-state index contributed by atoms with van der Waals surface area (Å²) in [5.41, 5.74) is 3.72. The zero-order chi connectivity index (χ0) is 19.2. The summed E-state index contributed by atoms with van der Waals surface area (Å²) in [5.74, 6) is 0.230. The molecule has 0 unspecified atom stereocenters. The van der Waals surface area contributed by atoms with Gasteiger partial charge in [0.2, 0.25) is 0 Å². The van der Waals surface area contributed by atoms with Gasteiger partial charge in [-0.2, -0.15) is 5.10 Å². The van der Waals surface area contributed by atoms with Crippen molar-refractivity contribution in [2.45, 2.75) is 26.2 Å². The fraction of sp³-hybridized carbons (Fsp3) is 0.263. The largest absolute Gasteiger partial charge is 0.483 e. The number of carbonyl (C=O) groups is 1. The number of hydrogen-bond donors (Lipinski definition) is 1. The zero-order valence-electron chi connectivity index (χ0n) is 14.9. The Hall–Kier alpha value is -3.22. The van der Waals surface area contributed by atoms with E-state index >= 15 is 0 Å². The monoisotopic (exact) mass is 355 g/mol. The lowest BCUT2D eigenvalue weighted by Crippen LogP contribution is -2.25. The highest BCUT2D eigenvalue weighted by Gasteiger charge is 2.18. The van der Waals surface area contributed by atoms with Gasteiger partial charge in [-0.15, -0.1) is 0 Å². The van der Waals surface area contributed by atoms with E-state index in [9.17, 15) is 14.9 Å². The topological polar surface area (TPSA) is 93.8 Å². The molecular formula is C19H21N3O4. The molecule has 136 valence electrons. The van der Waals surface area contributed by atoms with E-state index in [-0.39, 0.29) is 17.7 Å². The normalized spacial score (nSPS) is 11.3. The number of carbonyl (C=O) groups excluding carboxylic acids is 1. The number of non-ortho nitro benzene ring substituents is 1. The van der Waals surface area contributed by atoms with Crippen LogP contribution in [0.3, 0.4) is 0 Å². The van der Waals surface area contributed by atoms with Crippen molar-refractivity contribution >= 4 is 17.8 Å². The summed E-state index contributed by atoms with van der Waals surface area (Å²) in [5, 5.41) is 14.5. The van der Waals surface area contributed by atoms with Crippen molar-refractivity contribution in [2.75, 3.05) is 6.61 Å². The Morgan fingerprint density at radius 1 is 1.23 bits per heavy atom. The van der Waals surface area contributed by atoms with E-state index in [0.29, 0.717) is 11.3 Å². The van der Waals surface area contributed by atoms with Crippen LogP contribution in [-0.4, -0.2) is 23.7 Å². The van der Waals surface area contributed by atoms with E-state index < -0.39 is 10.8 Å². The van der Waals surface area contributed by atoms with Gasteiger partial charge in [0.1, 0.15) is 5.75 Å². The molecule has 0 saturated carbocycles. The highest BCUT2D eigenvalue weighted by Crippen LogP contribution is 2.30. The number of ether oxygens (including phenoxy) is 1. The van der Waals surface area contributed by atoms with Gasteiger partial charge in [-0.25, -0.2) is 5.43 Å². The van der Waals surface area contributed by atoms with Crippen molar-refractivity contribution in [1.82, 2.24) is 5.43 Å². The summed E-state index contributed by atoms with van der Waals surface area (Å²) >= 11 is 0. The summed E-state index contributed by atoms with van der Waals surface area (Å²) in [4.78, 5) is 22.1. The van der Waals surface area contributed by atoms with Crippen LogP contribution in [0.15, 0.2) is 53.6 Å². The summed E-state index contributed by atoms with van der Waals surface area (Å²) < 4.78 is 5.60. The Kier molecular flexibility index (Phi) is 6.06. The molecule has 0 heterocycles. The molecule has 1 amide bonds. The first kappa shape index (κ1) is 19.1. The number of nitrogens with zero attached hydrogens (tertiary/aromatic N) is 2. The second-order valence-electron chi connectivity index (χ2n) is 6.68. The van der Waals surface area contributed by atoms with Crippen molar-refractivity contribution in [3.63, 3.8) is 0 Å². The molecule has 1 N–H and O–H groups in total. The fourth-order valence-electron chi connectivity index (χ4n) is 2.29. The standard InChI is InChI=1S/C19H21N3O4/c1-19(2,3)16-9-4-5-10-17(16)26-13-18(23)21-20-12-14-7-6-8-15(11-14)22(24)25/h4-12H,13H2,1-3H3,(H,21,23)/b20-12-. The van der Waals surface area contributed by atoms with Crippen molar-refractivity contribution in [2.24, 2.45) is 5.10 Å². The first-order valence-electron chi connectivity index (χ1n) is 8.06. The third-order valence-corrected chi connectivity index (χ3v) is 3.54. The number of para-hydroxylation sites is 1. The molecule has 0 saturated heterocycles. The number of nitro groups is 1. The molecule has 0 atom stereocenters. The SMILES string of the molecule is CC(C)(C)c1ccccc1OCC(=O)N/N=C\c1cccc([N+](=O)[O-])c1. The van der Waals surface area contributed by atoms with Crippen LogP contribution < -0.4 is 10.2 Å². The van der Waals surface area contributed by atoms with Crippen LogP contribution in [0.4, 0.5) is 5.69 Å². The van der Waals surface area contributed by atoms with Gasteiger partial charge in [-0.3, -0.25) is 14.9 Å². The van der Waals surface area contributed by atoms with Gasteiger partial charge in [0.05, 0.1) is 11.1 Å². The Labute approximate surface area is 151 Å². The van der Waals surface area contributed by atoms with Crippen LogP contribution in [0, 0.1) is 10.1 Å². The highest BCUT2D eigenvalue weighted by molar-refractivity contribution is 5.83. The van der Waals surface area contributed by atoms with E-state index in [1.807, 2.05) is 24.3 Å². The van der Waals surface area contributed by atoms with E-state index in [0.717, 1.165) is 5.56 Å². The predicted octanol–water partition coefficient (Wildman–Crippen LogP) is 3.42. The molecule has 7 nitrogen and oxygen atoms in total. The molecule has 0 aromatic heterocycles. The molecule has 2 aromatic rings. The molecule has 2 rings (SSSR count). The van der Waals surface area contributed by atoms with Crippen LogP contribution in [0.25, 0.3) is 0 Å². The smallest absolute Gasteiger partial charge is 0.277 e. The number of hydrazone groups is 1. The van der Waals surface area contributed by atoms with Gasteiger partial charge in [0, 0.05) is 17.7 Å². The number of amides is 1. The number of benzene rings is 2. The molecule has 0 radical (unpaired) electrons. The van der Waals surface area contributed by atoms with Crippen LogP contribution in [-0.2, 0) is 10.2 Å². The molecule has 0 fully saturated rings. The second-order valence-corrected chi connectivity index (χ2v) is 6.68. The molecule has 26 heavy (non-hydrogen) atoms. The number of nitro benzene ring substituents is 1. The third kappa shape index (κ3) is 5.41.